The Balaban J connectivity index is 2.12. The molecular weight excluding hydrogens is 431 g/mol. The lowest BCUT2D eigenvalue weighted by atomic mass is 10.2. The summed E-state index contributed by atoms with van der Waals surface area (Å²) < 4.78 is 26.5. The van der Waals surface area contributed by atoms with E-state index in [0.717, 1.165) is 10.5 Å². The van der Waals surface area contributed by atoms with Crippen molar-refractivity contribution in [1.82, 2.24) is 4.72 Å². The highest BCUT2D eigenvalue weighted by atomic mass is 127. The molecule has 0 spiro atoms. The third-order valence-electron chi connectivity index (χ3n) is 2.81. The van der Waals surface area contributed by atoms with Crippen LogP contribution < -0.4 is 10.0 Å². The highest BCUT2D eigenvalue weighted by molar-refractivity contribution is 14.1. The number of hydrogen-bond donors (Lipinski definition) is 2. The molecule has 2 aromatic rings. The minimum absolute atomic E-state index is 0.0556. The monoisotopic (exact) mass is 444 g/mol. The molecule has 0 aliphatic rings. The van der Waals surface area contributed by atoms with Gasteiger partial charge in [-0.15, -0.1) is 0 Å². The molecule has 2 aromatic carbocycles. The van der Waals surface area contributed by atoms with E-state index in [1.807, 2.05) is 16.9 Å². The van der Waals surface area contributed by atoms with Crippen LogP contribution in [0.1, 0.15) is 17.3 Å². The molecular formula is C15H13IN2O4S. The van der Waals surface area contributed by atoms with E-state index in [0.29, 0.717) is 11.3 Å². The van der Waals surface area contributed by atoms with Gasteiger partial charge in [0, 0.05) is 21.7 Å². The number of anilines is 1. The lowest BCUT2D eigenvalue weighted by molar-refractivity contribution is -0.117. The maximum absolute atomic E-state index is 12.1. The van der Waals surface area contributed by atoms with Gasteiger partial charge in [-0.3, -0.25) is 9.59 Å². The fourth-order valence-corrected chi connectivity index (χ4v) is 3.12. The van der Waals surface area contributed by atoms with Gasteiger partial charge >= 0.3 is 0 Å². The Morgan fingerprint density at radius 1 is 0.957 bits per heavy atom. The first-order valence-corrected chi connectivity index (χ1v) is 9.04. The van der Waals surface area contributed by atoms with E-state index in [1.54, 1.807) is 12.1 Å². The molecule has 0 unspecified atom stereocenters. The summed E-state index contributed by atoms with van der Waals surface area (Å²) in [6.07, 6.45) is 0. The number of rotatable bonds is 4. The molecule has 0 aliphatic heterocycles. The van der Waals surface area contributed by atoms with E-state index in [1.165, 1.54) is 24.3 Å². The largest absolute Gasteiger partial charge is 0.322 e. The molecule has 0 saturated heterocycles. The van der Waals surface area contributed by atoms with E-state index >= 15 is 0 Å². The highest BCUT2D eigenvalue weighted by Crippen LogP contribution is 2.15. The van der Waals surface area contributed by atoms with Gasteiger partial charge in [0.25, 0.3) is 15.9 Å². The number of sulfonamides is 1. The fourth-order valence-electron chi connectivity index (χ4n) is 1.77. The Bertz CT molecular complexity index is 831. The first kappa shape index (κ1) is 17.4. The molecule has 0 bridgehead atoms. The zero-order chi connectivity index (χ0) is 17.0. The minimum atomic E-state index is -3.87. The number of carbonyl (C=O) groups is 2. The smallest absolute Gasteiger partial charge is 0.264 e. The van der Waals surface area contributed by atoms with Crippen molar-refractivity contribution in [3.63, 3.8) is 0 Å². The molecule has 2 rings (SSSR count). The molecule has 6 nitrogen and oxygen atoms in total. The average molecular weight is 444 g/mol. The van der Waals surface area contributed by atoms with Crippen LogP contribution in [0.5, 0.6) is 0 Å². The number of benzene rings is 2. The summed E-state index contributed by atoms with van der Waals surface area (Å²) in [6, 6.07) is 12.6. The number of hydrogen-bond acceptors (Lipinski definition) is 4. The molecule has 23 heavy (non-hydrogen) atoms. The quantitative estimate of drug-likeness (QED) is 0.709. The molecule has 0 atom stereocenters. The number of carbonyl (C=O) groups excluding carboxylic acids is 2. The Labute approximate surface area is 147 Å². The number of halogens is 1. The second-order valence-electron chi connectivity index (χ2n) is 4.65. The van der Waals surface area contributed by atoms with Gasteiger partial charge in [-0.05, 0) is 71.1 Å². The van der Waals surface area contributed by atoms with Crippen molar-refractivity contribution in [3.8, 4) is 0 Å². The molecule has 120 valence electrons. The topological polar surface area (TPSA) is 92.3 Å². The van der Waals surface area contributed by atoms with Gasteiger partial charge in [0.15, 0.2) is 0 Å². The molecule has 0 heterocycles. The first-order chi connectivity index (χ1) is 10.8. The third kappa shape index (κ3) is 4.76. The SMILES string of the molecule is CC(=O)NS(=O)(=O)c1ccc(NC(=O)c2ccc(I)cc2)cc1. The van der Waals surface area contributed by atoms with Crippen LogP contribution in [0.2, 0.25) is 0 Å². The zero-order valence-electron chi connectivity index (χ0n) is 12.0. The van der Waals surface area contributed by atoms with Crippen LogP contribution >= 0.6 is 22.6 Å². The van der Waals surface area contributed by atoms with Crippen molar-refractivity contribution in [2.45, 2.75) is 11.8 Å². The van der Waals surface area contributed by atoms with E-state index in [2.05, 4.69) is 27.9 Å². The van der Waals surface area contributed by atoms with Crippen LogP contribution in [-0.4, -0.2) is 20.2 Å². The van der Waals surface area contributed by atoms with Gasteiger partial charge in [-0.1, -0.05) is 0 Å². The molecule has 2 N–H and O–H groups in total. The predicted octanol–water partition coefficient (Wildman–Crippen LogP) is 2.37. The summed E-state index contributed by atoms with van der Waals surface area (Å²) in [7, 11) is -3.87. The lowest BCUT2D eigenvalue weighted by Crippen LogP contribution is -2.28. The maximum Gasteiger partial charge on any atom is 0.264 e. The maximum atomic E-state index is 12.1. The predicted molar refractivity (Wildman–Crippen MR) is 94.6 cm³/mol. The van der Waals surface area contributed by atoms with Crippen LogP contribution in [0.3, 0.4) is 0 Å². The van der Waals surface area contributed by atoms with Crippen molar-refractivity contribution in [2.24, 2.45) is 0 Å². The van der Waals surface area contributed by atoms with Gasteiger partial charge in [-0.25, -0.2) is 13.1 Å². The molecule has 8 heteroatoms. The van der Waals surface area contributed by atoms with Crippen molar-refractivity contribution < 1.29 is 18.0 Å². The summed E-state index contributed by atoms with van der Waals surface area (Å²) >= 11 is 2.14. The first-order valence-electron chi connectivity index (χ1n) is 6.48. The molecule has 0 saturated carbocycles. The molecule has 0 aliphatic carbocycles. The Hall–Kier alpha value is -1.94. The number of amides is 2. The molecule has 0 radical (unpaired) electrons. The summed E-state index contributed by atoms with van der Waals surface area (Å²) in [4.78, 5) is 22.9. The van der Waals surface area contributed by atoms with Crippen LogP contribution in [0.4, 0.5) is 5.69 Å². The number of nitrogens with one attached hydrogen (secondary N) is 2. The Kier molecular flexibility index (Phi) is 5.37. The van der Waals surface area contributed by atoms with Crippen molar-refractivity contribution in [1.29, 1.82) is 0 Å². The second-order valence-corrected chi connectivity index (χ2v) is 7.58. The summed E-state index contributed by atoms with van der Waals surface area (Å²) in [5.74, 6) is -0.958. The Morgan fingerprint density at radius 3 is 2.04 bits per heavy atom. The third-order valence-corrected chi connectivity index (χ3v) is 4.98. The van der Waals surface area contributed by atoms with E-state index in [4.69, 9.17) is 0 Å². The van der Waals surface area contributed by atoms with Gasteiger partial charge in [-0.2, -0.15) is 0 Å². The average Bonchev–Trinajstić information content (AvgIpc) is 2.47. The van der Waals surface area contributed by atoms with E-state index < -0.39 is 15.9 Å². The van der Waals surface area contributed by atoms with Crippen LogP contribution in [-0.2, 0) is 14.8 Å². The van der Waals surface area contributed by atoms with Gasteiger partial charge in [0.1, 0.15) is 0 Å². The molecule has 0 fully saturated rings. The van der Waals surface area contributed by atoms with Crippen LogP contribution in [0.25, 0.3) is 0 Å². The van der Waals surface area contributed by atoms with Crippen molar-refractivity contribution in [2.75, 3.05) is 5.32 Å². The summed E-state index contributed by atoms with van der Waals surface area (Å²) in [6.45, 7) is 1.12. The van der Waals surface area contributed by atoms with Crippen molar-refractivity contribution >= 4 is 50.1 Å². The second kappa shape index (κ2) is 7.09. The lowest BCUT2D eigenvalue weighted by Gasteiger charge is -2.08. The van der Waals surface area contributed by atoms with Gasteiger partial charge in [0.05, 0.1) is 4.90 Å². The minimum Gasteiger partial charge on any atom is -0.322 e. The zero-order valence-corrected chi connectivity index (χ0v) is 15.0. The van der Waals surface area contributed by atoms with E-state index in [-0.39, 0.29) is 10.8 Å². The highest BCUT2D eigenvalue weighted by Gasteiger charge is 2.15. The van der Waals surface area contributed by atoms with Gasteiger partial charge < -0.3 is 5.32 Å². The fraction of sp³-hybridized carbons (Fsp3) is 0.0667. The molecule has 0 aromatic heterocycles. The summed E-state index contributed by atoms with van der Waals surface area (Å²) in [5, 5.41) is 2.67. The van der Waals surface area contributed by atoms with Crippen molar-refractivity contribution in [3.05, 3.63) is 57.7 Å². The molecule has 2 amide bonds. The standard InChI is InChI=1S/C15H13IN2O4S/c1-10(19)18-23(21,22)14-8-6-13(7-9-14)17-15(20)11-2-4-12(16)5-3-11/h2-9H,1H3,(H,17,20)(H,18,19). The Morgan fingerprint density at radius 2 is 1.52 bits per heavy atom. The van der Waals surface area contributed by atoms with E-state index in [9.17, 15) is 18.0 Å². The van der Waals surface area contributed by atoms with Crippen LogP contribution in [0, 0.1) is 3.57 Å². The summed E-state index contributed by atoms with van der Waals surface area (Å²) in [5.41, 5.74) is 0.954. The van der Waals surface area contributed by atoms with Gasteiger partial charge in [0.2, 0.25) is 5.91 Å². The normalized spacial score (nSPS) is 10.9. The van der Waals surface area contributed by atoms with Crippen LogP contribution in [0.15, 0.2) is 53.4 Å².